The summed E-state index contributed by atoms with van der Waals surface area (Å²) in [5.41, 5.74) is 16.1. The standard InChI is InChI=1S/C19H37N7O5/c1-9(2)13(17(29)26-14(10(3)4)18(30)31)25-16(28)12(24-15(27)11(5)20)7-6-8-23-19(21)22/h9-14H,6-8,20H2,1-5H3,(H,24,27)(H,25,28)(H,26,29)(H,30,31)(H4,21,22,23). The highest BCUT2D eigenvalue weighted by Crippen LogP contribution is 2.08. The van der Waals surface area contributed by atoms with E-state index in [2.05, 4.69) is 20.9 Å². The largest absolute Gasteiger partial charge is 0.480 e. The van der Waals surface area contributed by atoms with Crippen LogP contribution in [0.1, 0.15) is 47.5 Å². The van der Waals surface area contributed by atoms with E-state index in [9.17, 15) is 24.3 Å². The molecule has 0 heterocycles. The van der Waals surface area contributed by atoms with Crippen molar-refractivity contribution in [2.75, 3.05) is 6.54 Å². The van der Waals surface area contributed by atoms with Crippen LogP contribution in [0.2, 0.25) is 0 Å². The lowest BCUT2D eigenvalue weighted by Crippen LogP contribution is -2.58. The number of nitrogens with zero attached hydrogens (tertiary/aromatic N) is 1. The molecule has 10 N–H and O–H groups in total. The number of hydrogen-bond acceptors (Lipinski definition) is 6. The Labute approximate surface area is 182 Å². The molecule has 0 aliphatic heterocycles. The van der Waals surface area contributed by atoms with Gasteiger partial charge in [-0.15, -0.1) is 0 Å². The SMILES string of the molecule is CC(N)C(=O)NC(CCCN=C(N)N)C(=O)NC(C(=O)NC(C(=O)O)C(C)C)C(C)C. The lowest BCUT2D eigenvalue weighted by molar-refractivity contribution is -0.143. The Balaban J connectivity index is 5.38. The van der Waals surface area contributed by atoms with E-state index in [4.69, 9.17) is 17.2 Å². The Morgan fingerprint density at radius 1 is 0.839 bits per heavy atom. The molecule has 3 amide bonds. The highest BCUT2D eigenvalue weighted by molar-refractivity contribution is 5.94. The number of aliphatic imine (C=N–C) groups is 1. The van der Waals surface area contributed by atoms with E-state index < -0.39 is 47.9 Å². The molecular weight excluding hydrogens is 406 g/mol. The molecule has 178 valence electrons. The number of amides is 3. The van der Waals surface area contributed by atoms with E-state index in [1.807, 2.05) is 0 Å². The first kappa shape index (κ1) is 28.1. The van der Waals surface area contributed by atoms with Crippen molar-refractivity contribution in [1.82, 2.24) is 16.0 Å². The van der Waals surface area contributed by atoms with Gasteiger partial charge in [-0.25, -0.2) is 4.79 Å². The third-order valence-corrected chi connectivity index (χ3v) is 4.47. The van der Waals surface area contributed by atoms with Gasteiger partial charge < -0.3 is 38.3 Å². The average molecular weight is 444 g/mol. The number of carboxylic acid groups (broad SMARTS) is 1. The minimum Gasteiger partial charge on any atom is -0.480 e. The molecule has 0 radical (unpaired) electrons. The number of hydrogen-bond donors (Lipinski definition) is 7. The zero-order valence-corrected chi connectivity index (χ0v) is 18.8. The summed E-state index contributed by atoms with van der Waals surface area (Å²) in [6.45, 7) is 8.49. The van der Waals surface area contributed by atoms with E-state index in [0.717, 1.165) is 0 Å². The van der Waals surface area contributed by atoms with Crippen LogP contribution in [0.25, 0.3) is 0 Å². The molecule has 0 saturated heterocycles. The molecule has 0 aromatic rings. The van der Waals surface area contributed by atoms with Gasteiger partial charge in [0.05, 0.1) is 6.04 Å². The maximum absolute atomic E-state index is 12.9. The summed E-state index contributed by atoms with van der Waals surface area (Å²) in [4.78, 5) is 52.8. The van der Waals surface area contributed by atoms with Crippen molar-refractivity contribution >= 4 is 29.7 Å². The van der Waals surface area contributed by atoms with Crippen LogP contribution in [0.15, 0.2) is 4.99 Å². The van der Waals surface area contributed by atoms with Gasteiger partial charge in [-0.3, -0.25) is 19.4 Å². The Bertz CT molecular complexity index is 660. The summed E-state index contributed by atoms with van der Waals surface area (Å²) in [6.07, 6.45) is 0.597. The molecule has 0 fully saturated rings. The quantitative estimate of drug-likeness (QED) is 0.0980. The fraction of sp³-hybridized carbons (Fsp3) is 0.737. The average Bonchev–Trinajstić information content (AvgIpc) is 2.64. The molecule has 4 atom stereocenters. The van der Waals surface area contributed by atoms with E-state index >= 15 is 0 Å². The van der Waals surface area contributed by atoms with Gasteiger partial charge in [0.2, 0.25) is 17.7 Å². The van der Waals surface area contributed by atoms with Crippen molar-refractivity contribution in [3.63, 3.8) is 0 Å². The van der Waals surface area contributed by atoms with Gasteiger partial charge in [0.15, 0.2) is 5.96 Å². The molecule has 0 saturated carbocycles. The van der Waals surface area contributed by atoms with Gasteiger partial charge in [0.25, 0.3) is 0 Å². The second-order valence-electron chi connectivity index (χ2n) is 8.10. The second-order valence-corrected chi connectivity index (χ2v) is 8.10. The lowest BCUT2D eigenvalue weighted by atomic mass is 9.99. The molecule has 0 aromatic heterocycles. The Kier molecular flexibility index (Phi) is 12.2. The fourth-order valence-electron chi connectivity index (χ4n) is 2.62. The summed E-state index contributed by atoms with van der Waals surface area (Å²) in [7, 11) is 0. The van der Waals surface area contributed by atoms with Crippen molar-refractivity contribution < 1.29 is 24.3 Å². The third kappa shape index (κ3) is 10.6. The Hall–Kier alpha value is -2.89. The van der Waals surface area contributed by atoms with Gasteiger partial charge in [-0.05, 0) is 31.6 Å². The molecule has 0 spiro atoms. The molecule has 0 aromatic carbocycles. The first-order valence-corrected chi connectivity index (χ1v) is 10.2. The number of carbonyl (C=O) groups is 4. The third-order valence-electron chi connectivity index (χ3n) is 4.47. The highest BCUT2D eigenvalue weighted by atomic mass is 16.4. The minimum absolute atomic E-state index is 0.0877. The lowest BCUT2D eigenvalue weighted by Gasteiger charge is -2.27. The van der Waals surface area contributed by atoms with Crippen LogP contribution in [0.4, 0.5) is 0 Å². The Morgan fingerprint density at radius 3 is 1.77 bits per heavy atom. The molecule has 12 heteroatoms. The number of guanidine groups is 1. The molecule has 0 aliphatic rings. The minimum atomic E-state index is -1.17. The molecule has 0 aliphatic carbocycles. The van der Waals surface area contributed by atoms with Crippen LogP contribution in [0.5, 0.6) is 0 Å². The van der Waals surface area contributed by atoms with Crippen LogP contribution >= 0.6 is 0 Å². The summed E-state index contributed by atoms with van der Waals surface area (Å²) < 4.78 is 0. The smallest absolute Gasteiger partial charge is 0.326 e. The molecule has 0 rings (SSSR count). The van der Waals surface area contributed by atoms with Crippen molar-refractivity contribution in [3.05, 3.63) is 0 Å². The first-order valence-electron chi connectivity index (χ1n) is 10.2. The summed E-state index contributed by atoms with van der Waals surface area (Å²) in [6, 6.07) is -3.90. The number of rotatable bonds is 13. The van der Waals surface area contributed by atoms with E-state index in [1.165, 1.54) is 6.92 Å². The Morgan fingerprint density at radius 2 is 1.35 bits per heavy atom. The normalized spacial score (nSPS) is 14.8. The van der Waals surface area contributed by atoms with Gasteiger partial charge in [-0.2, -0.15) is 0 Å². The number of aliphatic carboxylic acids is 1. The van der Waals surface area contributed by atoms with Crippen LogP contribution in [0, 0.1) is 11.8 Å². The van der Waals surface area contributed by atoms with Gasteiger partial charge in [0, 0.05) is 6.54 Å². The molecular formula is C19H37N7O5. The zero-order chi connectivity index (χ0) is 24.3. The van der Waals surface area contributed by atoms with E-state index in [-0.39, 0.29) is 30.8 Å². The first-order chi connectivity index (χ1) is 14.3. The van der Waals surface area contributed by atoms with Crippen molar-refractivity contribution in [3.8, 4) is 0 Å². The van der Waals surface area contributed by atoms with Crippen molar-refractivity contribution in [2.24, 2.45) is 34.0 Å². The van der Waals surface area contributed by atoms with E-state index in [0.29, 0.717) is 6.42 Å². The number of carboxylic acids is 1. The van der Waals surface area contributed by atoms with Crippen LogP contribution in [-0.4, -0.2) is 65.5 Å². The maximum Gasteiger partial charge on any atom is 0.326 e. The number of nitrogens with one attached hydrogen (secondary N) is 3. The predicted octanol–water partition coefficient (Wildman–Crippen LogP) is -1.76. The van der Waals surface area contributed by atoms with Crippen LogP contribution in [-0.2, 0) is 19.2 Å². The van der Waals surface area contributed by atoms with E-state index in [1.54, 1.807) is 27.7 Å². The molecule has 12 nitrogen and oxygen atoms in total. The predicted molar refractivity (Wildman–Crippen MR) is 117 cm³/mol. The van der Waals surface area contributed by atoms with Gasteiger partial charge in [0.1, 0.15) is 18.1 Å². The summed E-state index contributed by atoms with van der Waals surface area (Å²) in [5.74, 6) is -3.69. The topological polar surface area (TPSA) is 215 Å². The van der Waals surface area contributed by atoms with Gasteiger partial charge >= 0.3 is 5.97 Å². The number of carbonyl (C=O) groups excluding carboxylic acids is 3. The molecule has 31 heavy (non-hydrogen) atoms. The monoisotopic (exact) mass is 443 g/mol. The fourth-order valence-corrected chi connectivity index (χ4v) is 2.62. The summed E-state index contributed by atoms with van der Waals surface area (Å²) >= 11 is 0. The van der Waals surface area contributed by atoms with Gasteiger partial charge in [-0.1, -0.05) is 27.7 Å². The van der Waals surface area contributed by atoms with Crippen molar-refractivity contribution in [2.45, 2.75) is 71.6 Å². The van der Waals surface area contributed by atoms with Crippen LogP contribution in [0.3, 0.4) is 0 Å². The van der Waals surface area contributed by atoms with Crippen LogP contribution < -0.4 is 33.2 Å². The summed E-state index contributed by atoms with van der Waals surface area (Å²) in [5, 5.41) is 16.9. The molecule has 0 bridgehead atoms. The zero-order valence-electron chi connectivity index (χ0n) is 18.8. The second kappa shape index (κ2) is 13.4. The highest BCUT2D eigenvalue weighted by Gasteiger charge is 2.32. The number of nitrogens with two attached hydrogens (primary N) is 3. The van der Waals surface area contributed by atoms with Crippen molar-refractivity contribution in [1.29, 1.82) is 0 Å². The molecule has 4 unspecified atom stereocenters. The maximum atomic E-state index is 12.9.